The molecule has 3 aromatic carbocycles. The summed E-state index contributed by atoms with van der Waals surface area (Å²) in [6.45, 7) is 0.0256. The molecule has 2 amide bonds. The van der Waals surface area contributed by atoms with Crippen molar-refractivity contribution in [3.8, 4) is 23.0 Å². The van der Waals surface area contributed by atoms with Crippen molar-refractivity contribution in [2.24, 2.45) is 0 Å². The van der Waals surface area contributed by atoms with Gasteiger partial charge in [-0.25, -0.2) is 0 Å². The van der Waals surface area contributed by atoms with Crippen molar-refractivity contribution in [1.82, 2.24) is 5.32 Å². The normalized spacial score (nSPS) is 12.6. The maximum Gasteiger partial charge on any atom is 0.573 e. The van der Waals surface area contributed by atoms with Crippen LogP contribution in [-0.4, -0.2) is 32.1 Å². The Labute approximate surface area is 203 Å². The van der Waals surface area contributed by atoms with Gasteiger partial charge in [0.1, 0.15) is 17.2 Å². The molecule has 0 saturated heterocycles. The molecule has 11 heteroatoms. The van der Waals surface area contributed by atoms with Gasteiger partial charge >= 0.3 is 6.36 Å². The van der Waals surface area contributed by atoms with Crippen LogP contribution < -0.4 is 29.6 Å². The van der Waals surface area contributed by atoms with Gasteiger partial charge in [0.05, 0.1) is 7.11 Å². The summed E-state index contributed by atoms with van der Waals surface area (Å²) in [4.78, 5) is 25.9. The van der Waals surface area contributed by atoms with E-state index in [1.54, 1.807) is 42.5 Å². The van der Waals surface area contributed by atoms with Crippen LogP contribution in [0.2, 0.25) is 0 Å². The molecule has 0 aromatic heterocycles. The first kappa shape index (κ1) is 24.5. The first-order valence-corrected chi connectivity index (χ1v) is 10.4. The Morgan fingerprint density at radius 1 is 0.972 bits per heavy atom. The number of hydrogen-bond donors (Lipinski definition) is 2. The van der Waals surface area contributed by atoms with Crippen LogP contribution in [0.1, 0.15) is 15.9 Å². The molecule has 0 bridgehead atoms. The van der Waals surface area contributed by atoms with Gasteiger partial charge < -0.3 is 29.6 Å². The molecule has 0 saturated carbocycles. The molecule has 36 heavy (non-hydrogen) atoms. The molecule has 8 nitrogen and oxygen atoms in total. The van der Waals surface area contributed by atoms with Crippen LogP contribution in [0.25, 0.3) is 6.08 Å². The molecule has 4 rings (SSSR count). The summed E-state index contributed by atoms with van der Waals surface area (Å²) in [6, 6.07) is 16.0. The number of benzene rings is 3. The fourth-order valence-electron chi connectivity index (χ4n) is 3.26. The number of carbonyl (C=O) groups is 2. The van der Waals surface area contributed by atoms with E-state index >= 15 is 0 Å². The van der Waals surface area contributed by atoms with E-state index in [1.165, 1.54) is 25.3 Å². The molecule has 186 valence electrons. The van der Waals surface area contributed by atoms with Crippen LogP contribution in [0.3, 0.4) is 0 Å². The molecule has 3 aromatic rings. The van der Waals surface area contributed by atoms with Gasteiger partial charge in [0.2, 0.25) is 6.79 Å². The quantitative estimate of drug-likeness (QED) is 0.456. The van der Waals surface area contributed by atoms with E-state index in [-0.39, 0.29) is 18.2 Å². The zero-order valence-corrected chi connectivity index (χ0v) is 18.7. The second kappa shape index (κ2) is 10.3. The van der Waals surface area contributed by atoms with Gasteiger partial charge in [0.15, 0.2) is 11.5 Å². The van der Waals surface area contributed by atoms with Crippen molar-refractivity contribution in [3.05, 3.63) is 83.6 Å². The molecular formula is C25H19F3N2O6. The van der Waals surface area contributed by atoms with Crippen molar-refractivity contribution < 1.29 is 41.7 Å². The number of carbonyl (C=O) groups excluding carboxylic acids is 2. The van der Waals surface area contributed by atoms with Gasteiger partial charge in [-0.2, -0.15) is 0 Å². The van der Waals surface area contributed by atoms with Gasteiger partial charge in [-0.15, -0.1) is 13.2 Å². The largest absolute Gasteiger partial charge is 0.573 e. The first-order chi connectivity index (χ1) is 17.2. The summed E-state index contributed by atoms with van der Waals surface area (Å²) in [5, 5.41) is 5.12. The number of amides is 2. The summed E-state index contributed by atoms with van der Waals surface area (Å²) in [7, 11) is 1.43. The van der Waals surface area contributed by atoms with E-state index in [4.69, 9.17) is 14.2 Å². The molecule has 0 spiro atoms. The minimum atomic E-state index is -4.84. The molecular weight excluding hydrogens is 481 g/mol. The number of anilines is 1. The Morgan fingerprint density at radius 3 is 2.28 bits per heavy atom. The molecule has 0 atom stereocenters. The van der Waals surface area contributed by atoms with Crippen molar-refractivity contribution in [1.29, 1.82) is 0 Å². The second-order valence-corrected chi connectivity index (χ2v) is 7.35. The van der Waals surface area contributed by atoms with Crippen LogP contribution in [0.4, 0.5) is 18.9 Å². The third kappa shape index (κ3) is 6.06. The topological polar surface area (TPSA) is 95.1 Å². The molecule has 2 N–H and O–H groups in total. The molecule has 0 unspecified atom stereocenters. The van der Waals surface area contributed by atoms with Crippen LogP contribution in [0.5, 0.6) is 23.0 Å². The molecule has 1 aliphatic heterocycles. The standard InChI is InChI=1S/C25H19F3N2O6/c1-33-20-13-22-21(34-14-35-22)12-16(20)11-19(30-23(31)15-5-3-2-4-6-15)24(32)29-17-7-9-18(10-8-17)36-25(26,27)28/h2-13H,14H2,1H3,(H,29,32)(H,30,31)/b19-11-. The summed E-state index contributed by atoms with van der Waals surface area (Å²) in [6.07, 6.45) is -3.45. The maximum atomic E-state index is 13.1. The van der Waals surface area contributed by atoms with Gasteiger partial charge in [-0.05, 0) is 48.5 Å². The van der Waals surface area contributed by atoms with Crippen LogP contribution >= 0.6 is 0 Å². The second-order valence-electron chi connectivity index (χ2n) is 7.35. The Bertz CT molecular complexity index is 1290. The fourth-order valence-corrected chi connectivity index (χ4v) is 3.26. The van der Waals surface area contributed by atoms with Gasteiger partial charge in [-0.1, -0.05) is 18.2 Å². The lowest BCUT2D eigenvalue weighted by Gasteiger charge is -2.13. The van der Waals surface area contributed by atoms with Gasteiger partial charge in [0.25, 0.3) is 11.8 Å². The number of ether oxygens (including phenoxy) is 4. The first-order valence-electron chi connectivity index (χ1n) is 10.4. The lowest BCUT2D eigenvalue weighted by atomic mass is 10.1. The molecule has 0 fully saturated rings. The average Bonchev–Trinajstić information content (AvgIpc) is 3.31. The van der Waals surface area contributed by atoms with E-state index in [9.17, 15) is 22.8 Å². The van der Waals surface area contributed by atoms with E-state index < -0.39 is 23.9 Å². The SMILES string of the molecule is COc1cc2c(cc1/C=C(\NC(=O)c1ccccc1)C(=O)Nc1ccc(OC(F)(F)F)cc1)OCO2. The number of methoxy groups -OCH3 is 1. The summed E-state index contributed by atoms with van der Waals surface area (Å²) >= 11 is 0. The molecule has 1 aliphatic rings. The maximum absolute atomic E-state index is 13.1. The van der Waals surface area contributed by atoms with Crippen molar-refractivity contribution >= 4 is 23.6 Å². The number of alkyl halides is 3. The predicted molar refractivity (Wildman–Crippen MR) is 123 cm³/mol. The third-order valence-corrected chi connectivity index (χ3v) is 4.90. The molecule has 1 heterocycles. The lowest BCUT2D eigenvalue weighted by molar-refractivity contribution is -0.274. The summed E-state index contributed by atoms with van der Waals surface area (Å²) in [5.41, 5.74) is 0.736. The Balaban J connectivity index is 1.63. The third-order valence-electron chi connectivity index (χ3n) is 4.90. The van der Waals surface area contributed by atoms with Crippen LogP contribution in [0, 0.1) is 0 Å². The minimum absolute atomic E-state index is 0.0256. The highest BCUT2D eigenvalue weighted by atomic mass is 19.4. The number of hydrogen-bond acceptors (Lipinski definition) is 6. The van der Waals surface area contributed by atoms with E-state index in [2.05, 4.69) is 15.4 Å². The van der Waals surface area contributed by atoms with Gasteiger partial charge in [0, 0.05) is 22.9 Å². The zero-order chi connectivity index (χ0) is 25.7. The van der Waals surface area contributed by atoms with Crippen LogP contribution in [-0.2, 0) is 4.79 Å². The fraction of sp³-hybridized carbons (Fsp3) is 0.120. The summed E-state index contributed by atoms with van der Waals surface area (Å²) in [5.74, 6) is -0.485. The Kier molecular flexibility index (Phi) is 7.00. The summed E-state index contributed by atoms with van der Waals surface area (Å²) < 4.78 is 57.2. The minimum Gasteiger partial charge on any atom is -0.496 e. The Morgan fingerprint density at radius 2 is 1.64 bits per heavy atom. The van der Waals surface area contributed by atoms with Gasteiger partial charge in [-0.3, -0.25) is 9.59 Å². The lowest BCUT2D eigenvalue weighted by Crippen LogP contribution is -2.30. The van der Waals surface area contributed by atoms with Crippen LogP contribution in [0.15, 0.2) is 72.4 Å². The van der Waals surface area contributed by atoms with E-state index in [1.807, 2.05) is 0 Å². The highest BCUT2D eigenvalue weighted by Gasteiger charge is 2.31. The van der Waals surface area contributed by atoms with Crippen molar-refractivity contribution in [2.45, 2.75) is 6.36 Å². The van der Waals surface area contributed by atoms with E-state index in [0.29, 0.717) is 28.4 Å². The molecule has 0 aliphatic carbocycles. The zero-order valence-electron chi connectivity index (χ0n) is 18.7. The number of nitrogens with one attached hydrogen (secondary N) is 2. The highest BCUT2D eigenvalue weighted by molar-refractivity contribution is 6.10. The monoisotopic (exact) mass is 500 g/mol. The predicted octanol–water partition coefficient (Wildman–Crippen LogP) is 4.73. The van der Waals surface area contributed by atoms with Crippen molar-refractivity contribution in [2.75, 3.05) is 19.2 Å². The van der Waals surface area contributed by atoms with E-state index in [0.717, 1.165) is 12.1 Å². The number of fused-ring (bicyclic) bond motifs is 1. The average molecular weight is 500 g/mol. The Hall–Kier alpha value is -4.67. The smallest absolute Gasteiger partial charge is 0.496 e. The number of halogens is 3. The molecule has 0 radical (unpaired) electrons. The number of rotatable bonds is 7. The van der Waals surface area contributed by atoms with Crippen molar-refractivity contribution in [3.63, 3.8) is 0 Å². The highest BCUT2D eigenvalue weighted by Crippen LogP contribution is 2.39.